The molecule has 2 aromatic carbocycles. The van der Waals surface area contributed by atoms with Crippen LogP contribution < -0.4 is 5.32 Å². The molecule has 0 radical (unpaired) electrons. The second kappa shape index (κ2) is 6.49. The number of para-hydroxylation sites is 1. The number of benzene rings is 2. The molecule has 1 aliphatic carbocycles. The van der Waals surface area contributed by atoms with E-state index in [1.54, 1.807) is 12.1 Å². The van der Waals surface area contributed by atoms with Gasteiger partial charge < -0.3 is 14.5 Å². The number of nitrogens with one attached hydrogen (secondary N) is 1. The number of amides is 1. The maximum atomic E-state index is 12.9. The number of fused-ring (bicyclic) bond motifs is 4. The molecule has 140 valence electrons. The van der Waals surface area contributed by atoms with E-state index in [9.17, 15) is 9.59 Å². The molecule has 6 heteroatoms. The molecule has 0 bridgehead atoms. The maximum Gasteiger partial charge on any atom is 0.341 e. The minimum absolute atomic E-state index is 0.253. The van der Waals surface area contributed by atoms with E-state index in [1.807, 2.05) is 30.3 Å². The van der Waals surface area contributed by atoms with Crippen LogP contribution in [0, 0.1) is 0 Å². The minimum Gasteiger partial charge on any atom is -0.465 e. The Kier molecular flexibility index (Phi) is 3.94. The number of thiophene rings is 1. The van der Waals surface area contributed by atoms with Crippen molar-refractivity contribution in [3.05, 3.63) is 64.0 Å². The van der Waals surface area contributed by atoms with Crippen molar-refractivity contribution in [1.82, 2.24) is 0 Å². The monoisotopic (exact) mass is 391 g/mol. The van der Waals surface area contributed by atoms with Gasteiger partial charge in [-0.15, -0.1) is 11.3 Å². The van der Waals surface area contributed by atoms with Crippen molar-refractivity contribution >= 4 is 50.2 Å². The summed E-state index contributed by atoms with van der Waals surface area (Å²) in [6, 6.07) is 13.1. The van der Waals surface area contributed by atoms with E-state index in [2.05, 4.69) is 5.32 Å². The fourth-order valence-corrected chi connectivity index (χ4v) is 5.13. The quantitative estimate of drug-likeness (QED) is 0.489. The van der Waals surface area contributed by atoms with Gasteiger partial charge in [0.2, 0.25) is 0 Å². The van der Waals surface area contributed by atoms with Gasteiger partial charge in [0.15, 0.2) is 0 Å². The van der Waals surface area contributed by atoms with E-state index in [0.717, 1.165) is 51.6 Å². The lowest BCUT2D eigenvalue weighted by molar-refractivity contribution is 0.0601. The van der Waals surface area contributed by atoms with Crippen LogP contribution >= 0.6 is 11.3 Å². The van der Waals surface area contributed by atoms with Crippen molar-refractivity contribution in [3.63, 3.8) is 0 Å². The van der Waals surface area contributed by atoms with Gasteiger partial charge in [-0.1, -0.05) is 18.2 Å². The van der Waals surface area contributed by atoms with E-state index in [-0.39, 0.29) is 5.91 Å². The zero-order valence-corrected chi connectivity index (χ0v) is 16.0. The molecule has 2 aromatic heterocycles. The molecule has 2 heterocycles. The number of anilines is 1. The fourth-order valence-electron chi connectivity index (χ4n) is 3.85. The van der Waals surface area contributed by atoms with Gasteiger partial charge in [-0.3, -0.25) is 4.79 Å². The summed E-state index contributed by atoms with van der Waals surface area (Å²) in [4.78, 5) is 26.4. The van der Waals surface area contributed by atoms with Gasteiger partial charge in [0.1, 0.15) is 16.2 Å². The molecule has 5 rings (SSSR count). The van der Waals surface area contributed by atoms with Gasteiger partial charge in [0, 0.05) is 21.2 Å². The fraction of sp³-hybridized carbons (Fsp3) is 0.182. The van der Waals surface area contributed by atoms with E-state index >= 15 is 0 Å². The van der Waals surface area contributed by atoms with Crippen LogP contribution in [0.15, 0.2) is 46.9 Å². The first-order valence-electron chi connectivity index (χ1n) is 9.11. The van der Waals surface area contributed by atoms with Gasteiger partial charge in [-0.05, 0) is 49.1 Å². The Balaban J connectivity index is 1.52. The van der Waals surface area contributed by atoms with Gasteiger partial charge in [0.05, 0.1) is 12.7 Å². The molecular formula is C22H17NO4S. The van der Waals surface area contributed by atoms with Crippen molar-refractivity contribution in [2.45, 2.75) is 19.3 Å². The summed E-state index contributed by atoms with van der Waals surface area (Å²) in [6.45, 7) is 0. The largest absolute Gasteiger partial charge is 0.465 e. The highest BCUT2D eigenvalue weighted by Crippen LogP contribution is 2.39. The zero-order chi connectivity index (χ0) is 19.3. The second-order valence-corrected chi connectivity index (χ2v) is 7.92. The Bertz CT molecular complexity index is 1250. The molecule has 1 aliphatic rings. The van der Waals surface area contributed by atoms with Crippen LogP contribution in [0.3, 0.4) is 0 Å². The Morgan fingerprint density at radius 2 is 1.89 bits per heavy atom. The number of hydrogen-bond acceptors (Lipinski definition) is 5. The van der Waals surface area contributed by atoms with Crippen molar-refractivity contribution in [2.24, 2.45) is 0 Å². The van der Waals surface area contributed by atoms with Crippen molar-refractivity contribution in [3.8, 4) is 0 Å². The zero-order valence-electron chi connectivity index (χ0n) is 15.2. The highest BCUT2D eigenvalue weighted by atomic mass is 32.1. The Morgan fingerprint density at radius 3 is 2.75 bits per heavy atom. The Hall–Kier alpha value is -3.12. The average molecular weight is 391 g/mol. The third-order valence-electron chi connectivity index (χ3n) is 5.18. The molecule has 0 unspecified atom stereocenters. The SMILES string of the molecule is COC(=O)c1c(NC(=O)c2ccc3oc4ccccc4c3c2)sc2c1CCC2. The number of aryl methyl sites for hydroxylation is 1. The molecule has 5 nitrogen and oxygen atoms in total. The lowest BCUT2D eigenvalue weighted by Crippen LogP contribution is -2.14. The number of rotatable bonds is 3. The number of carbonyl (C=O) groups excluding carboxylic acids is 2. The van der Waals surface area contributed by atoms with Gasteiger partial charge in [-0.2, -0.15) is 0 Å². The minimum atomic E-state index is -0.397. The van der Waals surface area contributed by atoms with Gasteiger partial charge >= 0.3 is 5.97 Å². The van der Waals surface area contributed by atoms with Crippen LogP contribution in [-0.4, -0.2) is 19.0 Å². The molecule has 0 saturated heterocycles. The highest BCUT2D eigenvalue weighted by molar-refractivity contribution is 7.17. The van der Waals surface area contributed by atoms with Crippen molar-refractivity contribution < 1.29 is 18.7 Å². The highest BCUT2D eigenvalue weighted by Gasteiger charge is 2.28. The average Bonchev–Trinajstić information content (AvgIpc) is 3.39. The van der Waals surface area contributed by atoms with Crippen LogP contribution in [-0.2, 0) is 17.6 Å². The molecular weight excluding hydrogens is 374 g/mol. The van der Waals surface area contributed by atoms with E-state index in [0.29, 0.717) is 16.1 Å². The molecule has 0 fully saturated rings. The molecule has 0 spiro atoms. The number of methoxy groups -OCH3 is 1. The number of ether oxygens (including phenoxy) is 1. The van der Waals surface area contributed by atoms with E-state index in [4.69, 9.17) is 9.15 Å². The van der Waals surface area contributed by atoms with Gasteiger partial charge in [0.25, 0.3) is 5.91 Å². The number of furan rings is 1. The normalized spacial score (nSPS) is 13.0. The molecule has 0 saturated carbocycles. The van der Waals surface area contributed by atoms with E-state index in [1.165, 1.54) is 18.4 Å². The number of hydrogen-bond donors (Lipinski definition) is 1. The predicted molar refractivity (Wildman–Crippen MR) is 109 cm³/mol. The summed E-state index contributed by atoms with van der Waals surface area (Å²) in [5, 5.41) is 5.36. The van der Waals surface area contributed by atoms with Crippen LogP contribution in [0.2, 0.25) is 0 Å². The third kappa shape index (κ3) is 2.60. The summed E-state index contributed by atoms with van der Waals surface area (Å²) < 4.78 is 10.8. The summed E-state index contributed by atoms with van der Waals surface area (Å²) in [7, 11) is 1.37. The van der Waals surface area contributed by atoms with Crippen molar-refractivity contribution in [1.29, 1.82) is 0 Å². The third-order valence-corrected chi connectivity index (χ3v) is 6.38. The van der Waals surface area contributed by atoms with Crippen LogP contribution in [0.4, 0.5) is 5.00 Å². The number of carbonyl (C=O) groups is 2. The maximum absolute atomic E-state index is 12.9. The summed E-state index contributed by atoms with van der Waals surface area (Å²) in [5.41, 5.74) is 3.57. The second-order valence-electron chi connectivity index (χ2n) is 6.82. The molecule has 28 heavy (non-hydrogen) atoms. The number of esters is 1. The molecule has 4 aromatic rings. The molecule has 0 atom stereocenters. The summed E-state index contributed by atoms with van der Waals surface area (Å²) in [6.07, 6.45) is 2.82. The molecule has 1 amide bonds. The standard InChI is InChI=1S/C22H17NO4S/c1-26-22(25)19-14-6-4-8-18(14)28-21(19)23-20(24)12-9-10-17-15(11-12)13-5-2-3-7-16(13)27-17/h2-3,5,7,9-11H,4,6,8H2,1H3,(H,23,24). The lowest BCUT2D eigenvalue weighted by atomic mass is 10.1. The first-order chi connectivity index (χ1) is 13.7. The topological polar surface area (TPSA) is 68.5 Å². The van der Waals surface area contributed by atoms with Crippen LogP contribution in [0.1, 0.15) is 37.6 Å². The summed E-state index contributed by atoms with van der Waals surface area (Å²) >= 11 is 1.47. The molecule has 0 aliphatic heterocycles. The Morgan fingerprint density at radius 1 is 1.07 bits per heavy atom. The van der Waals surface area contributed by atoms with Crippen molar-refractivity contribution in [2.75, 3.05) is 12.4 Å². The smallest absolute Gasteiger partial charge is 0.341 e. The Labute approximate surface area is 164 Å². The van der Waals surface area contributed by atoms with Gasteiger partial charge in [-0.25, -0.2) is 4.79 Å². The van der Waals surface area contributed by atoms with Crippen LogP contribution in [0.25, 0.3) is 21.9 Å². The predicted octanol–water partition coefficient (Wildman–Crippen LogP) is 5.18. The van der Waals surface area contributed by atoms with Crippen LogP contribution in [0.5, 0.6) is 0 Å². The lowest BCUT2D eigenvalue weighted by Gasteiger charge is -2.07. The van der Waals surface area contributed by atoms with E-state index < -0.39 is 5.97 Å². The first kappa shape index (κ1) is 17.0. The molecule has 1 N–H and O–H groups in total. The summed E-state index contributed by atoms with van der Waals surface area (Å²) in [5.74, 6) is -0.650. The first-order valence-corrected chi connectivity index (χ1v) is 9.93.